The van der Waals surface area contributed by atoms with Crippen LogP contribution < -0.4 is 10.6 Å². The minimum Gasteiger partial charge on any atom is -0.320 e. The predicted octanol–water partition coefficient (Wildman–Crippen LogP) is 5.82. The van der Waals surface area contributed by atoms with Gasteiger partial charge in [-0.05, 0) is 48.2 Å². The summed E-state index contributed by atoms with van der Waals surface area (Å²) in [5.41, 5.74) is 2.69. The number of aryl methyl sites for hydroxylation is 1. The smallest absolute Gasteiger partial charge is 0.265 e. The number of hydrogen-bond donors (Lipinski definition) is 2. The molecule has 0 aliphatic rings. The van der Waals surface area contributed by atoms with Crippen molar-refractivity contribution < 1.29 is 9.59 Å². The van der Waals surface area contributed by atoms with Crippen molar-refractivity contribution >= 4 is 67.1 Å². The van der Waals surface area contributed by atoms with Gasteiger partial charge in [0.1, 0.15) is 0 Å². The number of benzene rings is 2. The van der Waals surface area contributed by atoms with Gasteiger partial charge in [-0.3, -0.25) is 14.9 Å². The van der Waals surface area contributed by atoms with Crippen molar-refractivity contribution in [2.75, 3.05) is 10.6 Å². The van der Waals surface area contributed by atoms with Crippen molar-refractivity contribution in [2.24, 2.45) is 0 Å². The van der Waals surface area contributed by atoms with E-state index < -0.39 is 0 Å². The molecule has 0 aliphatic carbocycles. The van der Waals surface area contributed by atoms with Gasteiger partial charge in [-0.2, -0.15) is 0 Å². The molecule has 2 aromatic carbocycles. The molecule has 4 rings (SSSR count). The molecule has 0 saturated heterocycles. The molecule has 140 valence electrons. The lowest BCUT2D eigenvalue weighted by Crippen LogP contribution is -2.14. The molecule has 0 unspecified atom stereocenters. The number of hydrogen-bond acceptors (Lipinski definition) is 5. The summed E-state index contributed by atoms with van der Waals surface area (Å²) in [6, 6.07) is 14.2. The van der Waals surface area contributed by atoms with Crippen LogP contribution in [0.2, 0.25) is 5.02 Å². The van der Waals surface area contributed by atoms with Gasteiger partial charge in [-0.25, -0.2) is 4.98 Å². The first-order chi connectivity index (χ1) is 13.5. The van der Waals surface area contributed by atoms with Crippen LogP contribution in [0.4, 0.5) is 10.8 Å². The molecule has 28 heavy (non-hydrogen) atoms. The van der Waals surface area contributed by atoms with E-state index in [2.05, 4.69) is 15.6 Å². The number of nitrogens with one attached hydrogen (secondary N) is 2. The highest BCUT2D eigenvalue weighted by molar-refractivity contribution is 7.22. The molecule has 2 heterocycles. The lowest BCUT2D eigenvalue weighted by Gasteiger charge is -2.08. The van der Waals surface area contributed by atoms with Gasteiger partial charge in [0.25, 0.3) is 11.8 Å². The van der Waals surface area contributed by atoms with Crippen LogP contribution in [0, 0.1) is 6.92 Å². The fraction of sp³-hybridized carbons (Fsp3) is 0.0500. The van der Waals surface area contributed by atoms with Crippen molar-refractivity contribution in [3.8, 4) is 0 Å². The molecule has 0 atom stereocenters. The van der Waals surface area contributed by atoms with E-state index in [1.54, 1.807) is 30.3 Å². The van der Waals surface area contributed by atoms with Crippen LogP contribution in [0.15, 0.2) is 53.9 Å². The Labute approximate surface area is 174 Å². The Morgan fingerprint density at radius 3 is 2.64 bits per heavy atom. The molecular formula is C20H14ClN3O2S2. The average Bonchev–Trinajstić information content (AvgIpc) is 3.33. The molecule has 0 aliphatic heterocycles. The maximum Gasteiger partial charge on any atom is 0.265 e. The maximum absolute atomic E-state index is 12.7. The zero-order valence-corrected chi connectivity index (χ0v) is 17.0. The Bertz CT molecular complexity index is 1190. The predicted molar refractivity (Wildman–Crippen MR) is 116 cm³/mol. The zero-order chi connectivity index (χ0) is 19.7. The molecule has 5 nitrogen and oxygen atoms in total. The second-order valence-electron chi connectivity index (χ2n) is 6.02. The van der Waals surface area contributed by atoms with Crippen LogP contribution in [-0.4, -0.2) is 16.8 Å². The van der Waals surface area contributed by atoms with E-state index in [4.69, 9.17) is 11.6 Å². The van der Waals surface area contributed by atoms with Gasteiger partial charge in [0.15, 0.2) is 5.13 Å². The van der Waals surface area contributed by atoms with Gasteiger partial charge in [-0.15, -0.1) is 11.3 Å². The van der Waals surface area contributed by atoms with Gasteiger partial charge in [0.05, 0.1) is 25.8 Å². The molecule has 0 radical (unpaired) electrons. The summed E-state index contributed by atoms with van der Waals surface area (Å²) in [6.07, 6.45) is 0. The van der Waals surface area contributed by atoms with E-state index in [0.717, 1.165) is 15.8 Å². The van der Waals surface area contributed by atoms with E-state index in [1.165, 1.54) is 22.7 Å². The summed E-state index contributed by atoms with van der Waals surface area (Å²) >= 11 is 8.93. The van der Waals surface area contributed by atoms with E-state index >= 15 is 0 Å². The monoisotopic (exact) mass is 427 g/mol. The molecule has 0 saturated carbocycles. The largest absolute Gasteiger partial charge is 0.320 e. The molecule has 8 heteroatoms. The first kappa shape index (κ1) is 18.6. The molecule has 0 bridgehead atoms. The Morgan fingerprint density at radius 1 is 1.04 bits per heavy atom. The van der Waals surface area contributed by atoms with Gasteiger partial charge in [0, 0.05) is 5.56 Å². The van der Waals surface area contributed by atoms with Crippen molar-refractivity contribution in [1.82, 2.24) is 4.98 Å². The fourth-order valence-corrected chi connectivity index (χ4v) is 4.39. The molecule has 2 amide bonds. The minimum absolute atomic E-state index is 0.267. The highest BCUT2D eigenvalue weighted by Crippen LogP contribution is 2.29. The van der Waals surface area contributed by atoms with E-state index in [9.17, 15) is 9.59 Å². The van der Waals surface area contributed by atoms with E-state index in [-0.39, 0.29) is 11.8 Å². The van der Waals surface area contributed by atoms with Crippen LogP contribution in [0.3, 0.4) is 0 Å². The zero-order valence-electron chi connectivity index (χ0n) is 14.7. The number of halogens is 1. The topological polar surface area (TPSA) is 71.1 Å². The normalized spacial score (nSPS) is 10.8. The number of carbonyl (C=O) groups is 2. The van der Waals surface area contributed by atoms with Crippen LogP contribution in [0.25, 0.3) is 10.2 Å². The Morgan fingerprint density at radius 2 is 1.89 bits per heavy atom. The standard InChI is InChI=1S/C20H14ClN3O2S2/c1-11-4-2-5-15-17(11)23-20(28-15)24-18(25)12-7-8-13(21)14(10-12)22-19(26)16-6-3-9-27-16/h2-10H,1H3,(H,22,26)(H,23,24,25). The van der Waals surface area contributed by atoms with Crippen LogP contribution >= 0.6 is 34.3 Å². The highest BCUT2D eigenvalue weighted by atomic mass is 35.5. The second-order valence-corrected chi connectivity index (χ2v) is 8.41. The fourth-order valence-electron chi connectivity index (χ4n) is 2.66. The van der Waals surface area contributed by atoms with Crippen molar-refractivity contribution in [2.45, 2.75) is 6.92 Å². The number of thiophene rings is 1. The molecule has 0 fully saturated rings. The number of carbonyl (C=O) groups excluding carboxylic acids is 2. The van der Waals surface area contributed by atoms with Gasteiger partial charge in [-0.1, -0.05) is 41.1 Å². The number of fused-ring (bicyclic) bond motifs is 1. The van der Waals surface area contributed by atoms with Crippen molar-refractivity contribution in [3.05, 3.63) is 74.9 Å². The van der Waals surface area contributed by atoms with E-state index in [1.807, 2.05) is 30.5 Å². The summed E-state index contributed by atoms with van der Waals surface area (Å²) in [5, 5.41) is 8.26. The summed E-state index contributed by atoms with van der Waals surface area (Å²) in [5.74, 6) is -0.587. The maximum atomic E-state index is 12.7. The van der Waals surface area contributed by atoms with Gasteiger partial charge >= 0.3 is 0 Å². The van der Waals surface area contributed by atoms with Crippen LogP contribution in [0.1, 0.15) is 25.6 Å². The molecule has 2 N–H and O–H groups in total. The third kappa shape index (κ3) is 3.77. The lowest BCUT2D eigenvalue weighted by atomic mass is 10.2. The average molecular weight is 428 g/mol. The SMILES string of the molecule is Cc1cccc2sc(NC(=O)c3ccc(Cl)c(NC(=O)c4cccs4)c3)nc12. The Balaban J connectivity index is 1.55. The van der Waals surface area contributed by atoms with E-state index in [0.29, 0.717) is 26.3 Å². The number of thiazole rings is 1. The summed E-state index contributed by atoms with van der Waals surface area (Å²) < 4.78 is 1.01. The van der Waals surface area contributed by atoms with Gasteiger partial charge < -0.3 is 5.32 Å². The van der Waals surface area contributed by atoms with Crippen LogP contribution in [0.5, 0.6) is 0 Å². The number of amides is 2. The summed E-state index contributed by atoms with van der Waals surface area (Å²) in [7, 11) is 0. The summed E-state index contributed by atoms with van der Waals surface area (Å²) in [4.78, 5) is 30.0. The molecule has 0 spiro atoms. The number of anilines is 2. The number of nitrogens with zero attached hydrogens (tertiary/aromatic N) is 1. The quantitative estimate of drug-likeness (QED) is 0.430. The minimum atomic E-state index is -0.319. The lowest BCUT2D eigenvalue weighted by molar-refractivity contribution is 0.101. The van der Waals surface area contributed by atoms with Crippen LogP contribution in [-0.2, 0) is 0 Å². The first-order valence-corrected chi connectivity index (χ1v) is 10.4. The Kier molecular flexibility index (Phi) is 5.13. The highest BCUT2D eigenvalue weighted by Gasteiger charge is 2.15. The Hall–Kier alpha value is -2.74. The number of rotatable bonds is 4. The summed E-state index contributed by atoms with van der Waals surface area (Å²) in [6.45, 7) is 1.98. The first-order valence-electron chi connectivity index (χ1n) is 8.33. The third-order valence-corrected chi connectivity index (χ3v) is 6.20. The van der Waals surface area contributed by atoms with Crippen molar-refractivity contribution in [3.63, 3.8) is 0 Å². The number of aromatic nitrogens is 1. The van der Waals surface area contributed by atoms with Crippen molar-refractivity contribution in [1.29, 1.82) is 0 Å². The molecular weight excluding hydrogens is 414 g/mol. The molecule has 2 aromatic heterocycles. The third-order valence-electron chi connectivity index (χ3n) is 4.06. The van der Waals surface area contributed by atoms with Gasteiger partial charge in [0.2, 0.25) is 0 Å². The molecule has 4 aromatic rings. The number of para-hydroxylation sites is 1. The second kappa shape index (κ2) is 7.71.